The fraction of sp³-hybridized carbons (Fsp3) is 0.167. The fourth-order valence-electron chi connectivity index (χ4n) is 0.941. The molecule has 7 nitrogen and oxygen atoms in total. The molecule has 2 rings (SSSR count). The van der Waals surface area contributed by atoms with Gasteiger partial charge in [0.2, 0.25) is 0 Å². The summed E-state index contributed by atoms with van der Waals surface area (Å²) in [4.78, 5) is 14.1. The molecule has 0 bridgehead atoms. The van der Waals surface area contributed by atoms with Gasteiger partial charge in [0.1, 0.15) is 5.52 Å². The van der Waals surface area contributed by atoms with Gasteiger partial charge in [-0.1, -0.05) is 0 Å². The van der Waals surface area contributed by atoms with E-state index in [1.807, 2.05) is 0 Å². The minimum absolute atomic E-state index is 0.278. The van der Waals surface area contributed by atoms with E-state index in [0.717, 1.165) is 0 Å². The third-order valence-electron chi connectivity index (χ3n) is 1.66. The molecular weight excluding hydrogens is 206 g/mol. The van der Waals surface area contributed by atoms with Crippen molar-refractivity contribution in [1.82, 2.24) is 24.7 Å². The summed E-state index contributed by atoms with van der Waals surface area (Å²) >= 11 is 0. The summed E-state index contributed by atoms with van der Waals surface area (Å²) in [6.45, 7) is 0. The number of sulfonamides is 1. The van der Waals surface area contributed by atoms with E-state index in [-0.39, 0.29) is 5.16 Å². The molecule has 2 N–H and O–H groups in total. The molecule has 0 fully saturated rings. The van der Waals surface area contributed by atoms with Gasteiger partial charge in [0.05, 0.1) is 12.5 Å². The number of hydrogen-bond acceptors (Lipinski definition) is 5. The van der Waals surface area contributed by atoms with Crippen LogP contribution in [0.5, 0.6) is 0 Å². The molecule has 0 radical (unpaired) electrons. The molecule has 2 aromatic rings. The minimum atomic E-state index is -3.59. The van der Waals surface area contributed by atoms with E-state index >= 15 is 0 Å². The van der Waals surface area contributed by atoms with Gasteiger partial charge in [-0.15, -0.1) is 0 Å². The number of rotatable bonds is 2. The summed E-state index contributed by atoms with van der Waals surface area (Å²) in [6.07, 6.45) is 2.80. The molecule has 0 spiro atoms. The second kappa shape index (κ2) is 3.00. The Morgan fingerprint density at radius 2 is 2.21 bits per heavy atom. The number of imidazole rings is 1. The molecular formula is C6H7N5O2S. The van der Waals surface area contributed by atoms with Gasteiger partial charge in [-0.25, -0.2) is 23.1 Å². The summed E-state index contributed by atoms with van der Waals surface area (Å²) < 4.78 is 24.7. The maximum atomic E-state index is 11.3. The number of H-pyrrole nitrogens is 1. The number of nitrogens with one attached hydrogen (secondary N) is 2. The van der Waals surface area contributed by atoms with Crippen molar-refractivity contribution >= 4 is 21.2 Å². The van der Waals surface area contributed by atoms with E-state index in [9.17, 15) is 8.42 Å². The Morgan fingerprint density at radius 1 is 1.43 bits per heavy atom. The maximum Gasteiger partial charge on any atom is 0.276 e. The topological polar surface area (TPSA) is 101 Å². The Balaban J connectivity index is 2.65. The van der Waals surface area contributed by atoms with Gasteiger partial charge >= 0.3 is 0 Å². The van der Waals surface area contributed by atoms with Gasteiger partial charge < -0.3 is 4.98 Å². The van der Waals surface area contributed by atoms with Crippen molar-refractivity contribution in [2.24, 2.45) is 0 Å². The second-order valence-corrected chi connectivity index (χ2v) is 4.28. The van der Waals surface area contributed by atoms with E-state index in [1.165, 1.54) is 19.6 Å². The summed E-state index contributed by atoms with van der Waals surface area (Å²) in [5, 5.41) is -0.278. The third-order valence-corrected chi connectivity index (χ3v) is 2.88. The Labute approximate surface area is 79.7 Å². The highest BCUT2D eigenvalue weighted by atomic mass is 32.2. The predicted octanol–water partition coefficient (Wildman–Crippen LogP) is -0.739. The van der Waals surface area contributed by atoms with E-state index in [4.69, 9.17) is 0 Å². The molecule has 0 aromatic carbocycles. The lowest BCUT2D eigenvalue weighted by molar-refractivity contribution is 0.579. The van der Waals surface area contributed by atoms with Crippen LogP contribution in [0.3, 0.4) is 0 Å². The van der Waals surface area contributed by atoms with Crippen LogP contribution in [-0.4, -0.2) is 35.4 Å². The smallest absolute Gasteiger partial charge is 0.276 e. The van der Waals surface area contributed by atoms with Gasteiger partial charge in [0, 0.05) is 0 Å². The molecule has 0 saturated carbocycles. The Morgan fingerprint density at radius 3 is 2.93 bits per heavy atom. The molecule has 0 amide bonds. The van der Waals surface area contributed by atoms with Crippen LogP contribution in [0, 0.1) is 0 Å². The summed E-state index contributed by atoms with van der Waals surface area (Å²) in [5.41, 5.74) is 0.925. The second-order valence-electron chi connectivity index (χ2n) is 2.50. The van der Waals surface area contributed by atoms with Gasteiger partial charge in [0.15, 0.2) is 5.65 Å². The van der Waals surface area contributed by atoms with Crippen LogP contribution in [0.2, 0.25) is 0 Å². The lowest BCUT2D eigenvalue weighted by Gasteiger charge is -1.98. The Hall–Kier alpha value is -1.54. The highest BCUT2D eigenvalue weighted by Gasteiger charge is 2.15. The fourth-order valence-corrected chi connectivity index (χ4v) is 1.52. The summed E-state index contributed by atoms with van der Waals surface area (Å²) in [5.74, 6) is 0. The molecule has 14 heavy (non-hydrogen) atoms. The van der Waals surface area contributed by atoms with Crippen LogP contribution in [0.1, 0.15) is 0 Å². The zero-order chi connectivity index (χ0) is 10.2. The van der Waals surface area contributed by atoms with Gasteiger partial charge in [-0.2, -0.15) is 4.98 Å². The van der Waals surface area contributed by atoms with E-state index in [1.54, 1.807) is 0 Å². The molecule has 8 heteroatoms. The summed E-state index contributed by atoms with van der Waals surface area (Å²) in [6, 6.07) is 0. The highest BCUT2D eigenvalue weighted by molar-refractivity contribution is 7.89. The average Bonchev–Trinajstić information content (AvgIpc) is 2.64. The SMILES string of the molecule is CNS(=O)(=O)c1ncc2[nH]cnc2n1. The lowest BCUT2D eigenvalue weighted by atomic mass is 10.6. The molecule has 0 unspecified atom stereocenters. The molecule has 74 valence electrons. The zero-order valence-corrected chi connectivity index (χ0v) is 8.04. The van der Waals surface area contributed by atoms with E-state index in [0.29, 0.717) is 11.2 Å². The van der Waals surface area contributed by atoms with Crippen molar-refractivity contribution in [3.8, 4) is 0 Å². The van der Waals surface area contributed by atoms with Crippen LogP contribution in [-0.2, 0) is 10.0 Å². The van der Waals surface area contributed by atoms with Gasteiger partial charge in [-0.3, -0.25) is 0 Å². The number of nitrogens with zero attached hydrogens (tertiary/aromatic N) is 3. The number of aromatic amines is 1. The van der Waals surface area contributed by atoms with Crippen molar-refractivity contribution in [3.63, 3.8) is 0 Å². The standard InChI is InChI=1S/C6H7N5O2S/c1-7-14(12,13)6-8-2-4-5(11-6)10-3-9-4/h2-3,7H,1H3,(H,8,9,10,11). The molecule has 0 saturated heterocycles. The monoisotopic (exact) mass is 213 g/mol. The largest absolute Gasteiger partial charge is 0.342 e. The number of hydrogen-bond donors (Lipinski definition) is 2. The van der Waals surface area contributed by atoms with E-state index in [2.05, 4.69) is 24.7 Å². The van der Waals surface area contributed by atoms with Crippen molar-refractivity contribution in [2.75, 3.05) is 7.05 Å². The number of fused-ring (bicyclic) bond motifs is 1. The molecule has 0 aliphatic rings. The maximum absolute atomic E-state index is 11.3. The van der Waals surface area contributed by atoms with Crippen LogP contribution in [0.4, 0.5) is 0 Å². The predicted molar refractivity (Wildman–Crippen MR) is 47.9 cm³/mol. The minimum Gasteiger partial charge on any atom is -0.342 e. The van der Waals surface area contributed by atoms with Crippen LogP contribution >= 0.6 is 0 Å². The highest BCUT2D eigenvalue weighted by Crippen LogP contribution is 2.07. The zero-order valence-electron chi connectivity index (χ0n) is 7.22. The molecule has 0 atom stereocenters. The van der Waals surface area contributed by atoms with Crippen molar-refractivity contribution in [2.45, 2.75) is 5.16 Å². The lowest BCUT2D eigenvalue weighted by Crippen LogP contribution is -2.21. The molecule has 2 aromatic heterocycles. The molecule has 0 aliphatic heterocycles. The van der Waals surface area contributed by atoms with Gasteiger partial charge in [-0.05, 0) is 7.05 Å². The summed E-state index contributed by atoms with van der Waals surface area (Å²) in [7, 11) is -2.29. The Kier molecular flexibility index (Phi) is 1.93. The third kappa shape index (κ3) is 1.34. The van der Waals surface area contributed by atoms with Crippen molar-refractivity contribution < 1.29 is 8.42 Å². The first-order chi connectivity index (χ1) is 6.63. The number of aromatic nitrogens is 4. The van der Waals surface area contributed by atoms with Gasteiger partial charge in [0.25, 0.3) is 15.2 Å². The average molecular weight is 213 g/mol. The normalized spacial score (nSPS) is 12.1. The Bertz CT molecular complexity index is 560. The molecule has 0 aliphatic carbocycles. The van der Waals surface area contributed by atoms with Crippen LogP contribution < -0.4 is 4.72 Å². The first-order valence-electron chi connectivity index (χ1n) is 3.73. The van der Waals surface area contributed by atoms with Crippen molar-refractivity contribution in [1.29, 1.82) is 0 Å². The van der Waals surface area contributed by atoms with Crippen molar-refractivity contribution in [3.05, 3.63) is 12.5 Å². The quantitative estimate of drug-likeness (QED) is 0.640. The van der Waals surface area contributed by atoms with E-state index < -0.39 is 10.0 Å². The first-order valence-corrected chi connectivity index (χ1v) is 5.21. The van der Waals surface area contributed by atoms with Crippen LogP contribution in [0.25, 0.3) is 11.2 Å². The molecule has 2 heterocycles. The van der Waals surface area contributed by atoms with Crippen LogP contribution in [0.15, 0.2) is 17.7 Å². The first kappa shape index (κ1) is 9.03.